The van der Waals surface area contributed by atoms with Crippen LogP contribution in [0.15, 0.2) is 12.7 Å². The zero-order valence-corrected chi connectivity index (χ0v) is 11.4. The minimum Gasteiger partial charge on any atom is -0.481 e. The average Bonchev–Trinajstić information content (AvgIpc) is 2.95. The number of urea groups is 1. The van der Waals surface area contributed by atoms with E-state index in [2.05, 4.69) is 6.58 Å². The molecule has 0 aromatic carbocycles. The van der Waals surface area contributed by atoms with Crippen LogP contribution in [-0.4, -0.2) is 52.1 Å². The maximum Gasteiger partial charge on any atom is 0.320 e. The maximum absolute atomic E-state index is 12.6. The fourth-order valence-electron chi connectivity index (χ4n) is 3.41. The Balaban J connectivity index is 2.11. The summed E-state index contributed by atoms with van der Waals surface area (Å²) in [4.78, 5) is 27.4. The zero-order valence-electron chi connectivity index (χ0n) is 11.4. The second-order valence-corrected chi connectivity index (χ2v) is 5.40. The lowest BCUT2D eigenvalue weighted by Gasteiger charge is -2.30. The third-order valence-electron chi connectivity index (χ3n) is 4.19. The highest BCUT2D eigenvalue weighted by molar-refractivity contribution is 5.79. The largest absolute Gasteiger partial charge is 0.481 e. The Hall–Kier alpha value is -1.52. The molecule has 5 heteroatoms. The predicted octanol–water partition coefficient (Wildman–Crippen LogP) is 1.94. The van der Waals surface area contributed by atoms with Crippen LogP contribution in [0.3, 0.4) is 0 Å². The summed E-state index contributed by atoms with van der Waals surface area (Å²) < 4.78 is 0. The molecule has 106 valence electrons. The van der Waals surface area contributed by atoms with Gasteiger partial charge in [-0.25, -0.2) is 4.79 Å². The molecule has 1 N–H and O–H groups in total. The summed E-state index contributed by atoms with van der Waals surface area (Å²) in [6.07, 6.45) is 4.99. The third-order valence-corrected chi connectivity index (χ3v) is 4.19. The van der Waals surface area contributed by atoms with Crippen molar-refractivity contribution in [3.8, 4) is 0 Å². The SMILES string of the molecule is C=CCN(CCC)C(=O)N1C2CCC1C(C(=O)O)C2. The summed E-state index contributed by atoms with van der Waals surface area (Å²) in [5, 5.41) is 9.21. The van der Waals surface area contributed by atoms with Gasteiger partial charge in [0.25, 0.3) is 0 Å². The van der Waals surface area contributed by atoms with Crippen LogP contribution < -0.4 is 0 Å². The van der Waals surface area contributed by atoms with Crippen LogP contribution in [-0.2, 0) is 4.79 Å². The smallest absolute Gasteiger partial charge is 0.320 e. The Morgan fingerprint density at radius 2 is 2.21 bits per heavy atom. The molecule has 2 amide bonds. The normalized spacial score (nSPS) is 28.5. The van der Waals surface area contributed by atoms with Gasteiger partial charge in [0.1, 0.15) is 0 Å². The van der Waals surface area contributed by atoms with E-state index >= 15 is 0 Å². The molecule has 19 heavy (non-hydrogen) atoms. The van der Waals surface area contributed by atoms with Crippen LogP contribution in [0.5, 0.6) is 0 Å². The first kappa shape index (κ1) is 13.9. The molecular formula is C14H22N2O3. The van der Waals surface area contributed by atoms with Crippen LogP contribution in [0, 0.1) is 5.92 Å². The van der Waals surface area contributed by atoms with Gasteiger partial charge in [-0.2, -0.15) is 0 Å². The number of carbonyl (C=O) groups is 2. The molecule has 0 aliphatic carbocycles. The summed E-state index contributed by atoms with van der Waals surface area (Å²) >= 11 is 0. The number of fused-ring (bicyclic) bond motifs is 2. The molecule has 2 fully saturated rings. The van der Waals surface area contributed by atoms with E-state index in [1.54, 1.807) is 11.0 Å². The van der Waals surface area contributed by atoms with E-state index in [-0.39, 0.29) is 24.0 Å². The van der Waals surface area contributed by atoms with Crippen LogP contribution in [0.1, 0.15) is 32.6 Å². The van der Waals surface area contributed by atoms with Gasteiger partial charge in [-0.3, -0.25) is 4.79 Å². The molecule has 0 aromatic rings. The molecule has 5 nitrogen and oxygen atoms in total. The first-order valence-corrected chi connectivity index (χ1v) is 7.01. The Bertz CT molecular complexity index is 383. The standard InChI is InChI=1S/C14H22N2O3/c1-3-7-15(8-4-2)14(19)16-10-5-6-12(16)11(9-10)13(17)18/h3,10-12H,1,4-9H2,2H3,(H,17,18). The van der Waals surface area contributed by atoms with Crippen molar-refractivity contribution in [2.24, 2.45) is 5.92 Å². The number of aliphatic carboxylic acids is 1. The maximum atomic E-state index is 12.6. The van der Waals surface area contributed by atoms with Crippen LogP contribution in [0.2, 0.25) is 0 Å². The van der Waals surface area contributed by atoms with Crippen LogP contribution >= 0.6 is 0 Å². The lowest BCUT2D eigenvalue weighted by Crippen LogP contribution is -2.47. The molecule has 2 aliphatic heterocycles. The number of carboxylic acid groups (broad SMARTS) is 1. The van der Waals surface area contributed by atoms with Gasteiger partial charge >= 0.3 is 12.0 Å². The summed E-state index contributed by atoms with van der Waals surface area (Å²) in [6, 6.07) is -0.0139. The molecular weight excluding hydrogens is 244 g/mol. The van der Waals surface area contributed by atoms with E-state index in [0.29, 0.717) is 19.5 Å². The molecule has 2 heterocycles. The van der Waals surface area contributed by atoms with Gasteiger partial charge in [0, 0.05) is 25.2 Å². The first-order valence-electron chi connectivity index (χ1n) is 7.01. The van der Waals surface area contributed by atoms with Gasteiger partial charge < -0.3 is 14.9 Å². The Kier molecular flexibility index (Phi) is 4.12. The minimum absolute atomic E-state index is 0.0157. The number of carbonyl (C=O) groups excluding carboxylic acids is 1. The van der Waals surface area contributed by atoms with Gasteiger partial charge in [-0.1, -0.05) is 13.0 Å². The van der Waals surface area contributed by atoms with E-state index in [9.17, 15) is 14.7 Å². The van der Waals surface area contributed by atoms with Gasteiger partial charge in [0.05, 0.1) is 5.92 Å². The van der Waals surface area contributed by atoms with Gasteiger partial charge in [-0.15, -0.1) is 6.58 Å². The lowest BCUT2D eigenvalue weighted by molar-refractivity contribution is -0.142. The number of rotatable bonds is 5. The van der Waals surface area contributed by atoms with E-state index in [4.69, 9.17) is 0 Å². The summed E-state index contributed by atoms with van der Waals surface area (Å²) in [7, 11) is 0. The molecule has 2 aliphatic rings. The topological polar surface area (TPSA) is 60.9 Å². The van der Waals surface area contributed by atoms with Crippen molar-refractivity contribution in [1.82, 2.24) is 9.80 Å². The lowest BCUT2D eigenvalue weighted by atomic mass is 9.89. The monoisotopic (exact) mass is 266 g/mol. The Morgan fingerprint density at radius 1 is 1.47 bits per heavy atom. The number of hydrogen-bond acceptors (Lipinski definition) is 2. The highest BCUT2D eigenvalue weighted by atomic mass is 16.4. The molecule has 2 saturated heterocycles. The molecule has 0 saturated carbocycles. The molecule has 3 unspecified atom stereocenters. The Labute approximate surface area is 113 Å². The van der Waals surface area contributed by atoms with Crippen molar-refractivity contribution < 1.29 is 14.7 Å². The summed E-state index contributed by atoms with van der Waals surface area (Å²) in [6.45, 7) is 6.93. The van der Waals surface area contributed by atoms with Gasteiger partial charge in [0.2, 0.25) is 0 Å². The molecule has 0 radical (unpaired) electrons. The van der Waals surface area contributed by atoms with Crippen molar-refractivity contribution in [3.63, 3.8) is 0 Å². The first-order chi connectivity index (χ1) is 9.10. The zero-order chi connectivity index (χ0) is 14.0. The van der Waals surface area contributed by atoms with Crippen molar-refractivity contribution >= 4 is 12.0 Å². The van der Waals surface area contributed by atoms with Crippen molar-refractivity contribution in [3.05, 3.63) is 12.7 Å². The Morgan fingerprint density at radius 3 is 2.74 bits per heavy atom. The van der Waals surface area contributed by atoms with Crippen molar-refractivity contribution in [1.29, 1.82) is 0 Å². The van der Waals surface area contributed by atoms with Gasteiger partial charge in [-0.05, 0) is 25.7 Å². The third kappa shape index (κ3) is 2.46. The summed E-state index contributed by atoms with van der Waals surface area (Å²) in [5.41, 5.74) is 0. The highest BCUT2D eigenvalue weighted by Gasteiger charge is 2.52. The fourth-order valence-corrected chi connectivity index (χ4v) is 3.41. The number of hydrogen-bond donors (Lipinski definition) is 1. The number of carboxylic acids is 1. The van der Waals surface area contributed by atoms with E-state index in [0.717, 1.165) is 19.3 Å². The van der Waals surface area contributed by atoms with Crippen molar-refractivity contribution in [2.75, 3.05) is 13.1 Å². The molecule has 0 aromatic heterocycles. The number of amides is 2. The van der Waals surface area contributed by atoms with E-state index < -0.39 is 5.97 Å². The fraction of sp³-hybridized carbons (Fsp3) is 0.714. The van der Waals surface area contributed by atoms with E-state index in [1.807, 2.05) is 11.8 Å². The van der Waals surface area contributed by atoms with Crippen molar-refractivity contribution in [2.45, 2.75) is 44.7 Å². The average molecular weight is 266 g/mol. The molecule has 2 rings (SSSR count). The minimum atomic E-state index is -0.768. The molecule has 2 bridgehead atoms. The van der Waals surface area contributed by atoms with Crippen LogP contribution in [0.4, 0.5) is 4.79 Å². The molecule has 0 spiro atoms. The number of nitrogens with zero attached hydrogens (tertiary/aromatic N) is 2. The second-order valence-electron chi connectivity index (χ2n) is 5.40. The van der Waals surface area contributed by atoms with Gasteiger partial charge in [0.15, 0.2) is 0 Å². The second kappa shape index (κ2) is 5.63. The highest BCUT2D eigenvalue weighted by Crippen LogP contribution is 2.42. The molecule has 3 atom stereocenters. The van der Waals surface area contributed by atoms with E-state index in [1.165, 1.54) is 0 Å². The predicted molar refractivity (Wildman–Crippen MR) is 71.8 cm³/mol. The summed E-state index contributed by atoms with van der Waals surface area (Å²) in [5.74, 6) is -1.15. The van der Waals surface area contributed by atoms with Crippen LogP contribution in [0.25, 0.3) is 0 Å². The quantitative estimate of drug-likeness (QED) is 0.774.